The van der Waals surface area contributed by atoms with Crippen LogP contribution in [0, 0.1) is 11.8 Å². The first kappa shape index (κ1) is 12.6. The number of rotatable bonds is 2. The van der Waals surface area contributed by atoms with Crippen LogP contribution < -0.4 is 0 Å². The second kappa shape index (κ2) is 4.59. The summed E-state index contributed by atoms with van der Waals surface area (Å²) in [6.45, 7) is 2.55. The maximum Gasteiger partial charge on any atom is 0.308 e. The second-order valence-corrected chi connectivity index (χ2v) is 5.10. The fourth-order valence-corrected chi connectivity index (χ4v) is 2.62. The van der Waals surface area contributed by atoms with Crippen LogP contribution in [0.25, 0.3) is 5.52 Å². The largest absolute Gasteiger partial charge is 0.481 e. The number of carbonyl (C=O) groups excluding carboxylic acids is 1. The summed E-state index contributed by atoms with van der Waals surface area (Å²) in [6, 6.07) is 0. The van der Waals surface area contributed by atoms with E-state index in [0.717, 1.165) is 0 Å². The Labute approximate surface area is 114 Å². The van der Waals surface area contributed by atoms with Crippen molar-refractivity contribution >= 4 is 17.4 Å². The van der Waals surface area contributed by atoms with Gasteiger partial charge in [-0.15, -0.1) is 0 Å². The zero-order chi connectivity index (χ0) is 14.3. The van der Waals surface area contributed by atoms with Crippen molar-refractivity contribution in [1.29, 1.82) is 0 Å². The molecule has 2 aromatic heterocycles. The van der Waals surface area contributed by atoms with Crippen molar-refractivity contribution < 1.29 is 14.7 Å². The number of aromatic nitrogens is 3. The standard InChI is InChI=1S/C13H14N4O3/c1-8-6-16(7-10(8)13(19)20)12(18)9-4-15-17-3-2-14-5-11(9)17/h2-5,8,10H,6-7H2,1H3,(H,19,20). The number of nitrogens with zero attached hydrogens (tertiary/aromatic N) is 4. The van der Waals surface area contributed by atoms with E-state index < -0.39 is 11.9 Å². The predicted molar refractivity (Wildman–Crippen MR) is 69.2 cm³/mol. The molecule has 1 aliphatic rings. The Morgan fingerprint density at radius 3 is 2.85 bits per heavy atom. The lowest BCUT2D eigenvalue weighted by molar-refractivity contribution is -0.142. The lowest BCUT2D eigenvalue weighted by Crippen LogP contribution is -2.29. The molecule has 1 N–H and O–H groups in total. The average molecular weight is 274 g/mol. The van der Waals surface area contributed by atoms with E-state index in [4.69, 9.17) is 5.11 Å². The first-order valence-corrected chi connectivity index (χ1v) is 6.37. The molecular formula is C13H14N4O3. The van der Waals surface area contributed by atoms with Gasteiger partial charge in [-0.3, -0.25) is 14.6 Å². The van der Waals surface area contributed by atoms with Crippen LogP contribution >= 0.6 is 0 Å². The molecule has 7 heteroatoms. The number of likely N-dealkylation sites (tertiary alicyclic amines) is 1. The maximum absolute atomic E-state index is 12.5. The van der Waals surface area contributed by atoms with Gasteiger partial charge in [0.05, 0.1) is 29.4 Å². The summed E-state index contributed by atoms with van der Waals surface area (Å²) < 4.78 is 1.58. The molecule has 0 aromatic carbocycles. The van der Waals surface area contributed by atoms with E-state index in [1.807, 2.05) is 6.92 Å². The molecule has 1 amide bonds. The lowest BCUT2D eigenvalue weighted by atomic mass is 9.99. The van der Waals surface area contributed by atoms with Gasteiger partial charge in [-0.05, 0) is 5.92 Å². The molecule has 7 nitrogen and oxygen atoms in total. The fourth-order valence-electron chi connectivity index (χ4n) is 2.62. The highest BCUT2D eigenvalue weighted by molar-refractivity contribution is 6.00. The first-order chi connectivity index (χ1) is 9.58. The number of carboxylic acids is 1. The molecule has 1 fully saturated rings. The number of carboxylic acid groups (broad SMARTS) is 1. The van der Waals surface area contributed by atoms with Crippen LogP contribution in [-0.4, -0.2) is 49.6 Å². The molecule has 2 aromatic rings. The van der Waals surface area contributed by atoms with E-state index in [0.29, 0.717) is 17.6 Å². The Morgan fingerprint density at radius 1 is 1.35 bits per heavy atom. The SMILES string of the molecule is CC1CN(C(=O)c2cnn3ccncc23)CC1C(=O)O. The normalized spacial score (nSPS) is 22.4. The Bertz CT molecular complexity index is 681. The highest BCUT2D eigenvalue weighted by Gasteiger charge is 2.37. The Hall–Kier alpha value is -2.44. The van der Waals surface area contributed by atoms with E-state index in [1.54, 1.807) is 28.0 Å². The van der Waals surface area contributed by atoms with Gasteiger partial charge in [0.1, 0.15) is 0 Å². The van der Waals surface area contributed by atoms with Gasteiger partial charge in [-0.2, -0.15) is 5.10 Å². The summed E-state index contributed by atoms with van der Waals surface area (Å²) in [5, 5.41) is 13.2. The van der Waals surface area contributed by atoms with E-state index in [-0.39, 0.29) is 18.4 Å². The molecule has 0 saturated carbocycles. The molecule has 1 saturated heterocycles. The van der Waals surface area contributed by atoms with Gasteiger partial charge >= 0.3 is 5.97 Å². The van der Waals surface area contributed by atoms with E-state index in [9.17, 15) is 9.59 Å². The van der Waals surface area contributed by atoms with Crippen molar-refractivity contribution in [3.8, 4) is 0 Å². The Kier molecular flexibility index (Phi) is 2.89. The topological polar surface area (TPSA) is 87.8 Å². The number of fused-ring (bicyclic) bond motifs is 1. The minimum Gasteiger partial charge on any atom is -0.481 e. The summed E-state index contributed by atoms with van der Waals surface area (Å²) >= 11 is 0. The summed E-state index contributed by atoms with van der Waals surface area (Å²) in [4.78, 5) is 29.2. The number of hydrogen-bond acceptors (Lipinski definition) is 4. The first-order valence-electron chi connectivity index (χ1n) is 6.37. The third-order valence-electron chi connectivity index (χ3n) is 3.77. The zero-order valence-electron chi connectivity index (χ0n) is 10.9. The minimum atomic E-state index is -0.852. The molecule has 3 rings (SSSR count). The molecule has 0 bridgehead atoms. The number of hydrogen-bond donors (Lipinski definition) is 1. The van der Waals surface area contributed by atoms with Gasteiger partial charge in [-0.1, -0.05) is 6.92 Å². The molecule has 104 valence electrons. The van der Waals surface area contributed by atoms with Crippen molar-refractivity contribution in [3.63, 3.8) is 0 Å². The van der Waals surface area contributed by atoms with Crippen molar-refractivity contribution in [1.82, 2.24) is 19.5 Å². The maximum atomic E-state index is 12.5. The molecular weight excluding hydrogens is 260 g/mol. The van der Waals surface area contributed by atoms with Gasteiger partial charge in [0.25, 0.3) is 5.91 Å². The van der Waals surface area contributed by atoms with Crippen LogP contribution in [0.15, 0.2) is 24.8 Å². The van der Waals surface area contributed by atoms with Gasteiger partial charge < -0.3 is 10.0 Å². The smallest absolute Gasteiger partial charge is 0.308 e. The fraction of sp³-hybridized carbons (Fsp3) is 0.385. The lowest BCUT2D eigenvalue weighted by Gasteiger charge is -2.14. The minimum absolute atomic E-state index is 0.0450. The van der Waals surface area contributed by atoms with Crippen LogP contribution in [0.2, 0.25) is 0 Å². The molecule has 2 unspecified atom stereocenters. The van der Waals surface area contributed by atoms with Gasteiger partial charge in [-0.25, -0.2) is 4.52 Å². The van der Waals surface area contributed by atoms with Crippen molar-refractivity contribution in [2.75, 3.05) is 13.1 Å². The van der Waals surface area contributed by atoms with Gasteiger partial charge in [0, 0.05) is 25.5 Å². The third kappa shape index (κ3) is 1.91. The van der Waals surface area contributed by atoms with E-state index >= 15 is 0 Å². The zero-order valence-corrected chi connectivity index (χ0v) is 10.9. The van der Waals surface area contributed by atoms with Crippen LogP contribution in [0.3, 0.4) is 0 Å². The number of aliphatic carboxylic acids is 1. The van der Waals surface area contributed by atoms with Crippen LogP contribution in [0.1, 0.15) is 17.3 Å². The molecule has 0 spiro atoms. The predicted octanol–water partition coefficient (Wildman–Crippen LogP) is 0.522. The number of amides is 1. The number of carbonyl (C=O) groups is 2. The third-order valence-corrected chi connectivity index (χ3v) is 3.77. The highest BCUT2D eigenvalue weighted by atomic mass is 16.4. The van der Waals surface area contributed by atoms with Crippen LogP contribution in [0.4, 0.5) is 0 Å². The quantitative estimate of drug-likeness (QED) is 0.862. The molecule has 3 heterocycles. The molecule has 20 heavy (non-hydrogen) atoms. The summed E-state index contributed by atoms with van der Waals surface area (Å²) in [6.07, 6.45) is 6.33. The Morgan fingerprint density at radius 2 is 2.15 bits per heavy atom. The molecule has 2 atom stereocenters. The second-order valence-electron chi connectivity index (χ2n) is 5.10. The Balaban J connectivity index is 1.89. The molecule has 0 aliphatic carbocycles. The van der Waals surface area contributed by atoms with Crippen molar-refractivity contribution in [2.24, 2.45) is 11.8 Å². The summed E-state index contributed by atoms with van der Waals surface area (Å²) in [7, 11) is 0. The average Bonchev–Trinajstić information content (AvgIpc) is 3.01. The van der Waals surface area contributed by atoms with Crippen LogP contribution in [0.5, 0.6) is 0 Å². The summed E-state index contributed by atoms with van der Waals surface area (Å²) in [5.41, 5.74) is 1.08. The molecule has 0 radical (unpaired) electrons. The van der Waals surface area contributed by atoms with Crippen molar-refractivity contribution in [2.45, 2.75) is 6.92 Å². The van der Waals surface area contributed by atoms with E-state index in [1.165, 1.54) is 6.20 Å². The van der Waals surface area contributed by atoms with Crippen LogP contribution in [-0.2, 0) is 4.79 Å². The highest BCUT2D eigenvalue weighted by Crippen LogP contribution is 2.25. The van der Waals surface area contributed by atoms with Gasteiger partial charge in [0.15, 0.2) is 0 Å². The van der Waals surface area contributed by atoms with E-state index in [2.05, 4.69) is 10.1 Å². The molecule has 1 aliphatic heterocycles. The summed E-state index contributed by atoms with van der Waals surface area (Å²) in [5.74, 6) is -1.59. The van der Waals surface area contributed by atoms with Gasteiger partial charge in [0.2, 0.25) is 0 Å². The van der Waals surface area contributed by atoms with Crippen molar-refractivity contribution in [3.05, 3.63) is 30.4 Å². The monoisotopic (exact) mass is 274 g/mol.